The van der Waals surface area contributed by atoms with Crippen LogP contribution in [0.4, 0.5) is 0 Å². The number of amides is 1. The van der Waals surface area contributed by atoms with Gasteiger partial charge in [0.2, 0.25) is 5.91 Å². The summed E-state index contributed by atoms with van der Waals surface area (Å²) < 4.78 is 6.00. The summed E-state index contributed by atoms with van der Waals surface area (Å²) in [4.78, 5) is 19.0. The van der Waals surface area contributed by atoms with E-state index in [2.05, 4.69) is 4.98 Å². The predicted octanol–water partition coefficient (Wildman–Crippen LogP) is 3.59. The molecule has 2 fully saturated rings. The molecule has 1 saturated carbocycles. The summed E-state index contributed by atoms with van der Waals surface area (Å²) in [6.45, 7) is 4.38. The molecule has 1 aromatic heterocycles. The maximum Gasteiger partial charge on any atom is 0.225 e. The van der Waals surface area contributed by atoms with Crippen molar-refractivity contribution in [2.24, 2.45) is 5.41 Å². The van der Waals surface area contributed by atoms with Crippen LogP contribution < -0.4 is 0 Å². The third-order valence-corrected chi connectivity index (χ3v) is 6.97. The van der Waals surface area contributed by atoms with Crippen LogP contribution in [0.25, 0.3) is 0 Å². The lowest BCUT2D eigenvalue weighted by Gasteiger charge is -2.36. The smallest absolute Gasteiger partial charge is 0.225 e. The molecule has 146 valence electrons. The quantitative estimate of drug-likeness (QED) is 0.785. The first-order valence-electron chi connectivity index (χ1n) is 10.0. The van der Waals surface area contributed by atoms with Crippen LogP contribution in [0.5, 0.6) is 0 Å². The fourth-order valence-electron chi connectivity index (χ4n) is 4.21. The Kier molecular flexibility index (Phi) is 7.06. The zero-order chi connectivity index (χ0) is 18.4. The van der Waals surface area contributed by atoms with Crippen LogP contribution in [-0.4, -0.2) is 53.3 Å². The molecule has 0 unspecified atom stereocenters. The number of thiazole rings is 1. The van der Waals surface area contributed by atoms with E-state index >= 15 is 0 Å². The maximum atomic E-state index is 12.6. The second-order valence-electron chi connectivity index (χ2n) is 8.07. The van der Waals surface area contributed by atoms with Crippen LogP contribution in [-0.2, 0) is 9.53 Å². The minimum atomic E-state index is -0.0930. The fourth-order valence-corrected chi connectivity index (χ4v) is 5.03. The molecule has 1 saturated heterocycles. The van der Waals surface area contributed by atoms with Crippen molar-refractivity contribution in [1.82, 2.24) is 9.88 Å². The number of likely N-dealkylation sites (tertiary alicyclic amines) is 1. The molecular weight excluding hydrogens is 348 g/mol. The number of carbonyl (C=O) groups is 1. The molecule has 0 spiro atoms. The van der Waals surface area contributed by atoms with E-state index in [1.807, 2.05) is 23.4 Å². The minimum Gasteiger partial charge on any atom is -0.396 e. The van der Waals surface area contributed by atoms with Gasteiger partial charge in [-0.1, -0.05) is 19.3 Å². The minimum absolute atomic E-state index is 0.0817. The zero-order valence-corrected chi connectivity index (χ0v) is 16.7. The molecule has 26 heavy (non-hydrogen) atoms. The van der Waals surface area contributed by atoms with E-state index in [1.165, 1.54) is 24.3 Å². The van der Waals surface area contributed by atoms with Gasteiger partial charge in [-0.05, 0) is 32.6 Å². The third-order valence-electron chi connectivity index (χ3n) is 6.03. The maximum absolute atomic E-state index is 12.6. The molecule has 2 heterocycles. The number of ether oxygens (including phenoxy) is 1. The van der Waals surface area contributed by atoms with Gasteiger partial charge in [-0.3, -0.25) is 4.79 Å². The van der Waals surface area contributed by atoms with Gasteiger partial charge in [0.1, 0.15) is 0 Å². The molecule has 0 bridgehead atoms. The molecule has 1 amide bonds. The van der Waals surface area contributed by atoms with Crippen LogP contribution in [0, 0.1) is 5.41 Å². The summed E-state index contributed by atoms with van der Waals surface area (Å²) in [5.41, 5.74) is -0.0817. The number of aliphatic hydroxyl groups excluding tert-OH is 1. The summed E-state index contributed by atoms with van der Waals surface area (Å²) >= 11 is 1.72. The third kappa shape index (κ3) is 5.05. The molecule has 5 nitrogen and oxygen atoms in total. The number of nitrogens with zero attached hydrogens (tertiary/aromatic N) is 2. The van der Waals surface area contributed by atoms with Crippen molar-refractivity contribution >= 4 is 17.2 Å². The van der Waals surface area contributed by atoms with Crippen LogP contribution in [0.1, 0.15) is 69.2 Å². The van der Waals surface area contributed by atoms with Crippen molar-refractivity contribution in [3.63, 3.8) is 0 Å². The average molecular weight is 381 g/mol. The Labute approximate surface area is 160 Å². The van der Waals surface area contributed by atoms with Gasteiger partial charge in [-0.15, -0.1) is 11.3 Å². The topological polar surface area (TPSA) is 62.7 Å². The Morgan fingerprint density at radius 1 is 1.38 bits per heavy atom. The number of carbonyl (C=O) groups excluding carboxylic acids is 1. The molecule has 2 aliphatic rings. The molecule has 1 aromatic rings. The second-order valence-corrected chi connectivity index (χ2v) is 9.00. The van der Waals surface area contributed by atoms with Crippen molar-refractivity contribution in [2.45, 2.75) is 70.3 Å². The second kappa shape index (κ2) is 9.29. The number of hydrogen-bond acceptors (Lipinski definition) is 5. The first-order valence-corrected chi connectivity index (χ1v) is 10.9. The fraction of sp³-hybridized carbons (Fsp3) is 0.800. The molecule has 0 aromatic carbocycles. The standard InChI is InChI=1S/C20H32N2O3S/c1-16(25-15-20(14-23)7-3-2-4-8-20)13-18(24)22-10-5-17(6-11-22)19-21-9-12-26-19/h9,12,16-17,23H,2-8,10-11,13-15H2,1H3/t16-/m1/s1. The Morgan fingerprint density at radius 2 is 2.12 bits per heavy atom. The van der Waals surface area contributed by atoms with Crippen molar-refractivity contribution < 1.29 is 14.6 Å². The summed E-state index contributed by atoms with van der Waals surface area (Å²) in [7, 11) is 0. The lowest BCUT2D eigenvalue weighted by molar-refractivity contribution is -0.136. The first kappa shape index (κ1) is 19.8. The van der Waals surface area contributed by atoms with Gasteiger partial charge in [0.05, 0.1) is 30.7 Å². The largest absolute Gasteiger partial charge is 0.396 e. The van der Waals surface area contributed by atoms with Gasteiger partial charge in [0.15, 0.2) is 0 Å². The molecule has 1 atom stereocenters. The molecule has 3 rings (SSSR count). The van der Waals surface area contributed by atoms with Gasteiger partial charge in [-0.2, -0.15) is 0 Å². The van der Waals surface area contributed by atoms with E-state index < -0.39 is 0 Å². The summed E-state index contributed by atoms with van der Waals surface area (Å²) in [5, 5.41) is 13.0. The summed E-state index contributed by atoms with van der Waals surface area (Å²) in [5.74, 6) is 0.695. The highest BCUT2D eigenvalue weighted by atomic mass is 32.1. The van der Waals surface area contributed by atoms with E-state index in [0.29, 0.717) is 18.9 Å². The lowest BCUT2D eigenvalue weighted by atomic mass is 9.75. The highest BCUT2D eigenvalue weighted by Gasteiger charge is 2.33. The Bertz CT molecular complexity index is 549. The number of aliphatic hydroxyl groups is 1. The lowest BCUT2D eigenvalue weighted by Crippen LogP contribution is -2.40. The van der Waals surface area contributed by atoms with Gasteiger partial charge < -0.3 is 14.7 Å². The monoisotopic (exact) mass is 380 g/mol. The average Bonchev–Trinajstić information content (AvgIpc) is 3.22. The van der Waals surface area contributed by atoms with E-state index in [4.69, 9.17) is 4.74 Å². The van der Waals surface area contributed by atoms with E-state index in [-0.39, 0.29) is 24.0 Å². The van der Waals surface area contributed by atoms with Crippen molar-refractivity contribution in [2.75, 3.05) is 26.3 Å². The molecule has 1 N–H and O–H groups in total. The van der Waals surface area contributed by atoms with E-state index in [0.717, 1.165) is 38.8 Å². The molecule has 1 aliphatic heterocycles. The zero-order valence-electron chi connectivity index (χ0n) is 15.9. The molecule has 0 radical (unpaired) electrons. The van der Waals surface area contributed by atoms with Gasteiger partial charge in [0.25, 0.3) is 0 Å². The Hall–Kier alpha value is -0.980. The number of piperidine rings is 1. The number of aromatic nitrogens is 1. The van der Waals surface area contributed by atoms with E-state index in [1.54, 1.807) is 11.3 Å². The highest BCUT2D eigenvalue weighted by molar-refractivity contribution is 7.09. The first-order chi connectivity index (χ1) is 12.6. The Morgan fingerprint density at radius 3 is 2.73 bits per heavy atom. The molecule has 6 heteroatoms. The molecule has 1 aliphatic carbocycles. The van der Waals surface area contributed by atoms with Crippen LogP contribution in [0.2, 0.25) is 0 Å². The predicted molar refractivity (Wildman–Crippen MR) is 103 cm³/mol. The van der Waals surface area contributed by atoms with E-state index in [9.17, 15) is 9.90 Å². The van der Waals surface area contributed by atoms with Gasteiger partial charge in [-0.25, -0.2) is 4.98 Å². The number of rotatable bonds is 7. The van der Waals surface area contributed by atoms with Crippen molar-refractivity contribution in [3.8, 4) is 0 Å². The van der Waals surface area contributed by atoms with Gasteiger partial charge >= 0.3 is 0 Å². The highest BCUT2D eigenvalue weighted by Crippen LogP contribution is 2.36. The Balaban J connectivity index is 1.40. The van der Waals surface area contributed by atoms with Crippen LogP contribution in [0.15, 0.2) is 11.6 Å². The van der Waals surface area contributed by atoms with Crippen LogP contribution >= 0.6 is 11.3 Å². The van der Waals surface area contributed by atoms with Crippen molar-refractivity contribution in [3.05, 3.63) is 16.6 Å². The van der Waals surface area contributed by atoms with Crippen molar-refractivity contribution in [1.29, 1.82) is 0 Å². The molecular formula is C20H32N2O3S. The summed E-state index contributed by atoms with van der Waals surface area (Å²) in [6, 6.07) is 0. The SMILES string of the molecule is C[C@H](CC(=O)N1CCC(c2nccs2)CC1)OCC1(CO)CCCCC1. The van der Waals surface area contributed by atoms with Gasteiger partial charge in [0, 0.05) is 36.0 Å². The number of hydrogen-bond donors (Lipinski definition) is 1. The normalized spacial score (nSPS) is 22.3. The summed E-state index contributed by atoms with van der Waals surface area (Å²) in [6.07, 6.45) is 9.88. The van der Waals surface area contributed by atoms with Crippen LogP contribution in [0.3, 0.4) is 0 Å².